The first-order chi connectivity index (χ1) is 12.2. The van der Waals surface area contributed by atoms with Crippen LogP contribution >= 0.6 is 39.5 Å². The van der Waals surface area contributed by atoms with Crippen molar-refractivity contribution in [2.24, 2.45) is 4.99 Å². The van der Waals surface area contributed by atoms with Crippen LogP contribution in [-0.2, 0) is 11.4 Å². The number of aliphatic imine (C=N–C) groups is 1. The molecule has 1 heterocycles. The molecule has 128 valence electrons. The number of nitrogens with zero attached hydrogens (tertiary/aromatic N) is 1. The number of hydrogen-bond donors (Lipinski definition) is 0. The maximum Gasteiger partial charge on any atom is 0.244 e. The third-order valence-electron chi connectivity index (χ3n) is 3.37. The topological polar surface area (TPSA) is 38.7 Å². The van der Waals surface area contributed by atoms with E-state index in [0.717, 1.165) is 31.5 Å². The van der Waals surface area contributed by atoms with Crippen molar-refractivity contribution in [3.63, 3.8) is 0 Å². The lowest BCUT2D eigenvalue weighted by Crippen LogP contribution is -1.96. The number of halogens is 1. The molecule has 0 saturated heterocycles. The molecule has 25 heavy (non-hydrogen) atoms. The molecule has 0 aliphatic carbocycles. The first kappa shape index (κ1) is 18.3. The molecule has 0 amide bonds. The molecular weight excluding hydrogens is 418 g/mol. The van der Waals surface area contributed by atoms with Gasteiger partial charge >= 0.3 is 0 Å². The van der Waals surface area contributed by atoms with Crippen molar-refractivity contribution >= 4 is 55.0 Å². The van der Waals surface area contributed by atoms with Crippen LogP contribution in [0.4, 0.5) is 0 Å². The second kappa shape index (κ2) is 8.74. The van der Waals surface area contributed by atoms with Crippen molar-refractivity contribution < 1.29 is 9.53 Å². The standard InChI is InChI=1S/C19H16BrNO2S2/c1-2-24-19-21-16(18(22)25-19)11-14-8-9-17(15(20)10-14)23-12-13-6-4-3-5-7-13/h3-11H,2,12H2,1H3. The van der Waals surface area contributed by atoms with Crippen LogP contribution in [0.25, 0.3) is 6.08 Å². The average Bonchev–Trinajstić information content (AvgIpc) is 2.95. The van der Waals surface area contributed by atoms with Crippen molar-refractivity contribution in [2.75, 3.05) is 5.75 Å². The molecule has 0 fully saturated rings. The van der Waals surface area contributed by atoms with Crippen LogP contribution in [0, 0.1) is 0 Å². The highest BCUT2D eigenvalue weighted by Crippen LogP contribution is 2.32. The minimum atomic E-state index is -0.00326. The lowest BCUT2D eigenvalue weighted by atomic mass is 10.2. The van der Waals surface area contributed by atoms with E-state index in [1.165, 1.54) is 11.8 Å². The first-order valence-electron chi connectivity index (χ1n) is 7.77. The van der Waals surface area contributed by atoms with Gasteiger partial charge in [0, 0.05) is 0 Å². The summed E-state index contributed by atoms with van der Waals surface area (Å²) < 4.78 is 7.52. The van der Waals surface area contributed by atoms with Gasteiger partial charge in [-0.25, -0.2) is 4.99 Å². The summed E-state index contributed by atoms with van der Waals surface area (Å²) >= 11 is 6.33. The molecule has 6 heteroatoms. The zero-order valence-electron chi connectivity index (χ0n) is 13.6. The number of carbonyl (C=O) groups excluding carboxylic acids is 1. The van der Waals surface area contributed by atoms with Gasteiger partial charge in [0.05, 0.1) is 4.47 Å². The number of carbonyl (C=O) groups is 1. The van der Waals surface area contributed by atoms with Gasteiger partial charge in [0.15, 0.2) is 0 Å². The van der Waals surface area contributed by atoms with E-state index in [4.69, 9.17) is 4.74 Å². The third kappa shape index (κ3) is 5.00. The van der Waals surface area contributed by atoms with Crippen molar-refractivity contribution in [3.8, 4) is 5.75 Å². The Kier molecular flexibility index (Phi) is 6.39. The maximum atomic E-state index is 12.0. The first-order valence-corrected chi connectivity index (χ1v) is 10.4. The molecule has 0 bridgehead atoms. The van der Waals surface area contributed by atoms with Gasteiger partial charge in [0.2, 0.25) is 5.12 Å². The van der Waals surface area contributed by atoms with Gasteiger partial charge in [0.25, 0.3) is 0 Å². The van der Waals surface area contributed by atoms with Crippen LogP contribution in [0.1, 0.15) is 18.1 Å². The predicted octanol–water partition coefficient (Wildman–Crippen LogP) is 5.75. The Labute approximate surface area is 164 Å². The molecule has 0 spiro atoms. The van der Waals surface area contributed by atoms with E-state index < -0.39 is 0 Å². The minimum Gasteiger partial charge on any atom is -0.488 e. The fraction of sp³-hybridized carbons (Fsp3) is 0.158. The lowest BCUT2D eigenvalue weighted by Gasteiger charge is -2.09. The molecule has 3 nitrogen and oxygen atoms in total. The van der Waals surface area contributed by atoms with E-state index >= 15 is 0 Å². The molecule has 0 radical (unpaired) electrons. The van der Waals surface area contributed by atoms with E-state index in [2.05, 4.69) is 20.9 Å². The van der Waals surface area contributed by atoms with Crippen LogP contribution in [0.2, 0.25) is 0 Å². The summed E-state index contributed by atoms with van der Waals surface area (Å²) in [6, 6.07) is 15.8. The highest BCUT2D eigenvalue weighted by atomic mass is 79.9. The number of hydrogen-bond acceptors (Lipinski definition) is 5. The molecule has 0 aromatic heterocycles. The summed E-state index contributed by atoms with van der Waals surface area (Å²) in [6.07, 6.45) is 1.81. The summed E-state index contributed by atoms with van der Waals surface area (Å²) in [5, 5.41) is -0.00326. The molecule has 0 N–H and O–H groups in total. The Morgan fingerprint density at radius 1 is 1.24 bits per heavy atom. The van der Waals surface area contributed by atoms with E-state index in [9.17, 15) is 4.79 Å². The number of ether oxygens (including phenoxy) is 1. The van der Waals surface area contributed by atoms with Crippen LogP contribution in [0.15, 0.2) is 63.7 Å². The van der Waals surface area contributed by atoms with Gasteiger partial charge in [-0.15, -0.1) is 0 Å². The van der Waals surface area contributed by atoms with Crippen LogP contribution in [-0.4, -0.2) is 15.2 Å². The predicted molar refractivity (Wildman–Crippen MR) is 111 cm³/mol. The van der Waals surface area contributed by atoms with Gasteiger partial charge in [-0.05, 0) is 62.8 Å². The van der Waals surface area contributed by atoms with Gasteiger partial charge < -0.3 is 4.74 Å². The molecule has 2 aromatic rings. The highest BCUT2D eigenvalue weighted by molar-refractivity contribution is 9.10. The molecule has 0 saturated carbocycles. The van der Waals surface area contributed by atoms with E-state index in [-0.39, 0.29) is 5.12 Å². The van der Waals surface area contributed by atoms with E-state index in [1.54, 1.807) is 11.8 Å². The van der Waals surface area contributed by atoms with Crippen molar-refractivity contribution in [1.29, 1.82) is 0 Å². The molecule has 1 aliphatic heterocycles. The third-order valence-corrected chi connectivity index (χ3v) is 5.88. The van der Waals surface area contributed by atoms with Gasteiger partial charge in [0.1, 0.15) is 22.4 Å². The highest BCUT2D eigenvalue weighted by Gasteiger charge is 2.21. The number of benzene rings is 2. The van der Waals surface area contributed by atoms with Crippen LogP contribution in [0.5, 0.6) is 5.75 Å². The summed E-state index contributed by atoms with van der Waals surface area (Å²) in [6.45, 7) is 2.56. The molecular formula is C19H16BrNO2S2. The quantitative estimate of drug-likeness (QED) is 0.562. The Morgan fingerprint density at radius 2 is 2.04 bits per heavy atom. The Balaban J connectivity index is 1.71. The van der Waals surface area contributed by atoms with Gasteiger partial charge in [-0.2, -0.15) is 0 Å². The zero-order valence-corrected chi connectivity index (χ0v) is 16.8. The summed E-state index contributed by atoms with van der Waals surface area (Å²) in [7, 11) is 0. The second-order valence-corrected chi connectivity index (χ2v) is 8.52. The number of rotatable bonds is 5. The summed E-state index contributed by atoms with van der Waals surface area (Å²) in [4.78, 5) is 16.4. The van der Waals surface area contributed by atoms with Crippen molar-refractivity contribution in [1.82, 2.24) is 0 Å². The maximum absolute atomic E-state index is 12.0. The monoisotopic (exact) mass is 433 g/mol. The second-order valence-electron chi connectivity index (χ2n) is 5.19. The molecule has 2 aromatic carbocycles. The van der Waals surface area contributed by atoms with Crippen LogP contribution in [0.3, 0.4) is 0 Å². The minimum absolute atomic E-state index is 0.00326. The van der Waals surface area contributed by atoms with Crippen LogP contribution < -0.4 is 4.74 Å². The summed E-state index contributed by atoms with van der Waals surface area (Å²) in [5.41, 5.74) is 2.52. The Hall–Kier alpha value is -1.50. The number of thioether (sulfide) groups is 2. The fourth-order valence-electron chi connectivity index (χ4n) is 2.19. The molecule has 3 rings (SSSR count). The normalized spacial score (nSPS) is 15.5. The van der Waals surface area contributed by atoms with Crippen molar-refractivity contribution in [2.45, 2.75) is 13.5 Å². The fourth-order valence-corrected chi connectivity index (χ4v) is 4.44. The Morgan fingerprint density at radius 3 is 2.76 bits per heavy atom. The lowest BCUT2D eigenvalue weighted by molar-refractivity contribution is -0.107. The molecule has 0 unspecified atom stereocenters. The molecule has 1 aliphatic rings. The Bertz CT molecular complexity index is 835. The summed E-state index contributed by atoms with van der Waals surface area (Å²) in [5.74, 6) is 1.68. The van der Waals surface area contributed by atoms with Crippen molar-refractivity contribution in [3.05, 3.63) is 69.8 Å². The van der Waals surface area contributed by atoms with E-state index in [0.29, 0.717) is 12.3 Å². The smallest absolute Gasteiger partial charge is 0.244 e. The SMILES string of the molecule is CCSC1=NC(=Cc2ccc(OCc3ccccc3)c(Br)c2)C(=O)S1. The van der Waals surface area contributed by atoms with E-state index in [1.807, 2.05) is 61.5 Å². The average molecular weight is 434 g/mol. The van der Waals surface area contributed by atoms with Gasteiger partial charge in [-0.1, -0.05) is 55.1 Å². The van der Waals surface area contributed by atoms with Gasteiger partial charge in [-0.3, -0.25) is 4.79 Å². The zero-order chi connectivity index (χ0) is 17.6. The molecule has 0 atom stereocenters. The largest absolute Gasteiger partial charge is 0.488 e.